The highest BCUT2D eigenvalue weighted by atomic mass is 32.2. The van der Waals surface area contributed by atoms with Gasteiger partial charge >= 0.3 is 0 Å². The molecule has 0 bridgehead atoms. The van der Waals surface area contributed by atoms with Gasteiger partial charge in [-0.1, -0.05) is 6.92 Å². The fourth-order valence-corrected chi connectivity index (χ4v) is 5.03. The number of aryl methyl sites for hydroxylation is 1. The van der Waals surface area contributed by atoms with Gasteiger partial charge in [0.05, 0.1) is 10.7 Å². The Bertz CT molecular complexity index is 1050. The summed E-state index contributed by atoms with van der Waals surface area (Å²) >= 11 is 1.63. The second kappa shape index (κ2) is 9.82. The molecule has 1 fully saturated rings. The zero-order chi connectivity index (χ0) is 21.8. The maximum absolute atomic E-state index is 14.1. The summed E-state index contributed by atoms with van der Waals surface area (Å²) in [5, 5.41) is 3.07. The summed E-state index contributed by atoms with van der Waals surface area (Å²) in [5.74, 6) is 0.833. The van der Waals surface area contributed by atoms with E-state index in [0.29, 0.717) is 10.8 Å². The lowest BCUT2D eigenvalue weighted by Gasteiger charge is -2.31. The average Bonchev–Trinajstić information content (AvgIpc) is 3.27. The molecule has 0 spiro atoms. The van der Waals surface area contributed by atoms with Crippen LogP contribution in [-0.2, 0) is 23.8 Å². The van der Waals surface area contributed by atoms with E-state index in [4.69, 9.17) is 9.72 Å². The molecule has 3 aromatic rings. The number of thiazole rings is 1. The summed E-state index contributed by atoms with van der Waals surface area (Å²) in [6, 6.07) is 4.39. The van der Waals surface area contributed by atoms with E-state index in [2.05, 4.69) is 21.8 Å². The first-order valence-corrected chi connectivity index (χ1v) is 12.7. The Morgan fingerprint density at radius 2 is 2.00 bits per heavy atom. The third-order valence-electron chi connectivity index (χ3n) is 5.41. The fraction of sp³-hybridized carbons (Fsp3) is 0.409. The van der Waals surface area contributed by atoms with Crippen LogP contribution in [0.25, 0.3) is 0 Å². The van der Waals surface area contributed by atoms with Gasteiger partial charge in [0.1, 0.15) is 6.61 Å². The van der Waals surface area contributed by atoms with Crippen molar-refractivity contribution in [2.24, 2.45) is 0 Å². The lowest BCUT2D eigenvalue weighted by Crippen LogP contribution is -2.34. The van der Waals surface area contributed by atoms with Gasteiger partial charge in [0, 0.05) is 58.7 Å². The Morgan fingerprint density at radius 1 is 1.26 bits per heavy atom. The molecule has 3 heterocycles. The summed E-state index contributed by atoms with van der Waals surface area (Å²) in [4.78, 5) is 16.4. The van der Waals surface area contributed by atoms with Crippen LogP contribution in [0.2, 0.25) is 0 Å². The Labute approximate surface area is 188 Å². The maximum atomic E-state index is 14.1. The van der Waals surface area contributed by atoms with E-state index in [1.54, 1.807) is 17.4 Å². The van der Waals surface area contributed by atoms with Gasteiger partial charge in [-0.15, -0.1) is 11.3 Å². The van der Waals surface area contributed by atoms with Crippen LogP contribution >= 0.6 is 11.3 Å². The molecule has 164 valence electrons. The number of nitrogens with zero attached hydrogens (tertiary/aromatic N) is 4. The number of hydrogen-bond donors (Lipinski definition) is 0. The minimum Gasteiger partial charge on any atom is -0.484 e. The van der Waals surface area contributed by atoms with E-state index in [1.165, 1.54) is 18.4 Å². The van der Waals surface area contributed by atoms with Crippen molar-refractivity contribution >= 4 is 28.1 Å². The summed E-state index contributed by atoms with van der Waals surface area (Å²) in [5.41, 5.74) is 1.94. The highest BCUT2D eigenvalue weighted by molar-refractivity contribution is 7.84. The first-order valence-electron chi connectivity index (χ1n) is 10.3. The standard InChI is InChI=1S/C22H25FN4O2S2/c1-3-15-11-24-22(25-12-15)27-8-6-16(7-9-27)21-26-17(14-30-21)13-29-20-5-4-18(31(2)28)10-19(20)23/h4-5,10-12,14,16H,3,6-9,13H2,1-2H3. The Morgan fingerprint density at radius 3 is 2.65 bits per heavy atom. The zero-order valence-electron chi connectivity index (χ0n) is 17.6. The van der Waals surface area contributed by atoms with Crippen molar-refractivity contribution < 1.29 is 13.3 Å². The second-order valence-corrected chi connectivity index (χ2v) is 9.79. The Balaban J connectivity index is 1.31. The van der Waals surface area contributed by atoms with Crippen LogP contribution in [0.15, 0.2) is 40.9 Å². The monoisotopic (exact) mass is 460 g/mol. The molecule has 1 atom stereocenters. The summed E-state index contributed by atoms with van der Waals surface area (Å²) in [6.45, 7) is 4.10. The van der Waals surface area contributed by atoms with E-state index in [1.807, 2.05) is 17.8 Å². The lowest BCUT2D eigenvalue weighted by atomic mass is 9.98. The summed E-state index contributed by atoms with van der Waals surface area (Å²) < 4.78 is 31.2. The minimum absolute atomic E-state index is 0.145. The maximum Gasteiger partial charge on any atom is 0.225 e. The number of aromatic nitrogens is 3. The molecule has 31 heavy (non-hydrogen) atoms. The lowest BCUT2D eigenvalue weighted by molar-refractivity contribution is 0.285. The van der Waals surface area contributed by atoms with E-state index < -0.39 is 16.6 Å². The van der Waals surface area contributed by atoms with Crippen molar-refractivity contribution in [1.29, 1.82) is 0 Å². The number of ether oxygens (including phenoxy) is 1. The molecule has 4 rings (SSSR count). The average molecular weight is 461 g/mol. The minimum atomic E-state index is -1.22. The van der Waals surface area contributed by atoms with E-state index in [-0.39, 0.29) is 12.4 Å². The van der Waals surface area contributed by atoms with E-state index in [9.17, 15) is 8.60 Å². The third kappa shape index (κ3) is 5.27. The van der Waals surface area contributed by atoms with Gasteiger partial charge in [0.15, 0.2) is 11.6 Å². The van der Waals surface area contributed by atoms with Crippen molar-refractivity contribution in [3.63, 3.8) is 0 Å². The van der Waals surface area contributed by atoms with Gasteiger partial charge < -0.3 is 9.64 Å². The smallest absolute Gasteiger partial charge is 0.225 e. The van der Waals surface area contributed by atoms with Crippen LogP contribution in [-0.4, -0.2) is 38.5 Å². The highest BCUT2D eigenvalue weighted by Gasteiger charge is 2.24. The van der Waals surface area contributed by atoms with Gasteiger partial charge in [-0.05, 0) is 43.0 Å². The molecule has 0 radical (unpaired) electrons. The molecular weight excluding hydrogens is 435 g/mol. The molecule has 0 aliphatic carbocycles. The predicted molar refractivity (Wildman–Crippen MR) is 121 cm³/mol. The van der Waals surface area contributed by atoms with Crippen molar-refractivity contribution in [2.45, 2.75) is 43.6 Å². The molecule has 0 saturated carbocycles. The number of halogens is 1. The molecule has 1 saturated heterocycles. The first-order chi connectivity index (χ1) is 15.0. The van der Waals surface area contributed by atoms with Crippen LogP contribution in [0.3, 0.4) is 0 Å². The molecule has 2 aromatic heterocycles. The highest BCUT2D eigenvalue weighted by Crippen LogP contribution is 2.31. The second-order valence-electron chi connectivity index (χ2n) is 7.52. The van der Waals surface area contributed by atoms with Crippen molar-refractivity contribution in [3.05, 3.63) is 58.1 Å². The summed E-state index contributed by atoms with van der Waals surface area (Å²) in [7, 11) is -1.22. The number of hydrogen-bond acceptors (Lipinski definition) is 7. The van der Waals surface area contributed by atoms with Gasteiger partial charge in [0.2, 0.25) is 5.95 Å². The normalized spacial score (nSPS) is 15.8. The first kappa shape index (κ1) is 21.8. The molecular formula is C22H25FN4O2S2. The molecule has 1 aromatic carbocycles. The fourth-order valence-electron chi connectivity index (χ4n) is 3.53. The van der Waals surface area contributed by atoms with Gasteiger partial charge in [-0.2, -0.15) is 0 Å². The van der Waals surface area contributed by atoms with Crippen LogP contribution in [0.5, 0.6) is 5.75 Å². The van der Waals surface area contributed by atoms with Gasteiger partial charge in [-0.3, -0.25) is 4.21 Å². The Hall–Kier alpha value is -2.39. The van der Waals surface area contributed by atoms with E-state index >= 15 is 0 Å². The van der Waals surface area contributed by atoms with E-state index in [0.717, 1.165) is 54.6 Å². The van der Waals surface area contributed by atoms with Gasteiger partial charge in [-0.25, -0.2) is 19.3 Å². The molecule has 1 aliphatic rings. The van der Waals surface area contributed by atoms with Crippen LogP contribution in [0, 0.1) is 5.82 Å². The molecule has 6 nitrogen and oxygen atoms in total. The topological polar surface area (TPSA) is 68.2 Å². The molecule has 0 N–H and O–H groups in total. The molecule has 1 unspecified atom stereocenters. The van der Waals surface area contributed by atoms with Gasteiger partial charge in [0.25, 0.3) is 0 Å². The number of piperidine rings is 1. The number of benzene rings is 1. The molecule has 9 heteroatoms. The largest absolute Gasteiger partial charge is 0.484 e. The number of anilines is 1. The SMILES string of the molecule is CCc1cnc(N2CCC(c3nc(COc4ccc(S(C)=O)cc4F)cs3)CC2)nc1. The van der Waals surface area contributed by atoms with Crippen molar-refractivity contribution in [2.75, 3.05) is 24.2 Å². The molecule has 0 amide bonds. The number of rotatable bonds is 7. The molecule has 1 aliphatic heterocycles. The zero-order valence-corrected chi connectivity index (χ0v) is 19.2. The Kier molecular flexibility index (Phi) is 6.92. The van der Waals surface area contributed by atoms with Crippen molar-refractivity contribution in [1.82, 2.24) is 15.0 Å². The van der Waals surface area contributed by atoms with Crippen LogP contribution < -0.4 is 9.64 Å². The third-order valence-corrected chi connectivity index (χ3v) is 7.38. The summed E-state index contributed by atoms with van der Waals surface area (Å²) in [6.07, 6.45) is 8.26. The quantitative estimate of drug-likeness (QED) is 0.523. The van der Waals surface area contributed by atoms with Crippen LogP contribution in [0.1, 0.15) is 41.9 Å². The predicted octanol–water partition coefficient (Wildman–Crippen LogP) is 4.34. The van der Waals surface area contributed by atoms with Crippen molar-refractivity contribution in [3.8, 4) is 5.75 Å². The van der Waals surface area contributed by atoms with Crippen LogP contribution in [0.4, 0.5) is 10.3 Å².